The summed E-state index contributed by atoms with van der Waals surface area (Å²) in [6, 6.07) is 4.38. The first-order valence-corrected chi connectivity index (χ1v) is 11.3. The highest BCUT2D eigenvalue weighted by atomic mass is 19.3. The van der Waals surface area contributed by atoms with E-state index in [1.54, 1.807) is 6.92 Å². The predicted octanol–water partition coefficient (Wildman–Crippen LogP) is 3.81. The number of halogens is 3. The largest absolute Gasteiger partial charge is 0.395 e. The molecule has 1 amide bonds. The van der Waals surface area contributed by atoms with Crippen molar-refractivity contribution in [2.75, 3.05) is 25.0 Å². The number of aliphatic hydroxyl groups excluding tert-OH is 1. The minimum Gasteiger partial charge on any atom is -0.395 e. The molecule has 0 bridgehead atoms. The van der Waals surface area contributed by atoms with E-state index in [4.69, 9.17) is 0 Å². The first-order valence-electron chi connectivity index (χ1n) is 11.3. The third kappa shape index (κ3) is 5.45. The molecule has 0 aliphatic rings. The molecule has 2 N–H and O–H groups in total. The lowest BCUT2D eigenvalue weighted by Crippen LogP contribution is -2.38. The third-order valence-corrected chi connectivity index (χ3v) is 5.79. The molecule has 2 heterocycles. The third-order valence-electron chi connectivity index (χ3n) is 5.79. The van der Waals surface area contributed by atoms with E-state index in [1.165, 1.54) is 41.0 Å². The van der Waals surface area contributed by atoms with Gasteiger partial charge >= 0.3 is 0 Å². The van der Waals surface area contributed by atoms with E-state index in [1.807, 2.05) is 6.92 Å². The SMILES string of the molecule is CCCCN(CCO)C(=O)c1cc2c(N[C@H](C)c3cccc(C(F)F)c3F)ncnc2n(C)c1=O. The molecule has 11 heteroatoms. The van der Waals surface area contributed by atoms with E-state index >= 15 is 0 Å². The quantitative estimate of drug-likeness (QED) is 0.447. The number of aromatic nitrogens is 3. The van der Waals surface area contributed by atoms with Crippen molar-refractivity contribution < 1.29 is 23.1 Å². The van der Waals surface area contributed by atoms with E-state index in [0.29, 0.717) is 18.4 Å². The number of amides is 1. The van der Waals surface area contributed by atoms with Crippen molar-refractivity contribution in [3.05, 3.63) is 63.5 Å². The summed E-state index contributed by atoms with van der Waals surface area (Å²) in [5.74, 6) is -1.34. The summed E-state index contributed by atoms with van der Waals surface area (Å²) < 4.78 is 42.2. The summed E-state index contributed by atoms with van der Waals surface area (Å²) in [6.07, 6.45) is -0.215. The molecular weight excluding hydrogens is 463 g/mol. The molecule has 0 saturated heterocycles. The highest BCUT2D eigenvalue weighted by Crippen LogP contribution is 2.30. The van der Waals surface area contributed by atoms with Gasteiger partial charge in [0.2, 0.25) is 0 Å². The monoisotopic (exact) mass is 491 g/mol. The second-order valence-corrected chi connectivity index (χ2v) is 8.17. The van der Waals surface area contributed by atoms with Gasteiger partial charge in [-0.3, -0.25) is 14.2 Å². The van der Waals surface area contributed by atoms with Crippen molar-refractivity contribution in [2.24, 2.45) is 7.05 Å². The molecule has 0 unspecified atom stereocenters. The van der Waals surface area contributed by atoms with Gasteiger partial charge in [0, 0.05) is 25.7 Å². The lowest BCUT2D eigenvalue weighted by molar-refractivity contribution is 0.0717. The Balaban J connectivity index is 2.06. The van der Waals surface area contributed by atoms with Gasteiger partial charge in [0.05, 0.1) is 23.6 Å². The van der Waals surface area contributed by atoms with Crippen LogP contribution in [0.25, 0.3) is 11.0 Å². The second-order valence-electron chi connectivity index (χ2n) is 8.17. The van der Waals surface area contributed by atoms with E-state index in [2.05, 4.69) is 15.3 Å². The Morgan fingerprint density at radius 3 is 2.60 bits per heavy atom. The van der Waals surface area contributed by atoms with Gasteiger partial charge in [-0.15, -0.1) is 0 Å². The van der Waals surface area contributed by atoms with Crippen LogP contribution in [-0.2, 0) is 7.05 Å². The van der Waals surface area contributed by atoms with Gasteiger partial charge in [-0.05, 0) is 19.4 Å². The van der Waals surface area contributed by atoms with Crippen LogP contribution >= 0.6 is 0 Å². The van der Waals surface area contributed by atoms with Crippen molar-refractivity contribution >= 4 is 22.8 Å². The van der Waals surface area contributed by atoms with Crippen molar-refractivity contribution in [1.82, 2.24) is 19.4 Å². The van der Waals surface area contributed by atoms with Crippen LogP contribution in [0.2, 0.25) is 0 Å². The summed E-state index contributed by atoms with van der Waals surface area (Å²) >= 11 is 0. The maximum atomic E-state index is 14.7. The Labute approximate surface area is 200 Å². The summed E-state index contributed by atoms with van der Waals surface area (Å²) in [5.41, 5.74) is -1.13. The zero-order chi connectivity index (χ0) is 25.7. The van der Waals surface area contributed by atoms with Crippen LogP contribution in [0.1, 0.15) is 60.6 Å². The number of hydrogen-bond donors (Lipinski definition) is 2. The van der Waals surface area contributed by atoms with Gasteiger partial charge in [0.1, 0.15) is 29.2 Å². The molecule has 0 aliphatic heterocycles. The number of carbonyl (C=O) groups excluding carboxylic acids is 1. The van der Waals surface area contributed by atoms with E-state index in [-0.39, 0.29) is 35.7 Å². The number of nitrogens with zero attached hydrogens (tertiary/aromatic N) is 4. The average Bonchev–Trinajstić information content (AvgIpc) is 2.83. The van der Waals surface area contributed by atoms with Gasteiger partial charge in [-0.25, -0.2) is 23.1 Å². The molecule has 0 aliphatic carbocycles. The molecule has 8 nitrogen and oxygen atoms in total. The van der Waals surface area contributed by atoms with E-state index in [0.717, 1.165) is 12.5 Å². The Bertz CT molecular complexity index is 1270. The van der Waals surface area contributed by atoms with Crippen LogP contribution in [0.4, 0.5) is 19.0 Å². The summed E-state index contributed by atoms with van der Waals surface area (Å²) in [4.78, 5) is 35.9. The lowest BCUT2D eigenvalue weighted by atomic mass is 10.0. The first kappa shape index (κ1) is 26.1. The number of nitrogens with one attached hydrogen (secondary N) is 1. The molecule has 0 saturated carbocycles. The van der Waals surface area contributed by atoms with Gasteiger partial charge in [-0.2, -0.15) is 0 Å². The molecule has 3 aromatic rings. The first-order chi connectivity index (χ1) is 16.7. The number of aryl methyl sites for hydroxylation is 1. The fraction of sp³-hybridized carbons (Fsp3) is 0.417. The lowest BCUT2D eigenvalue weighted by Gasteiger charge is -2.22. The Morgan fingerprint density at radius 1 is 1.23 bits per heavy atom. The molecule has 1 aromatic carbocycles. The molecule has 0 radical (unpaired) electrons. The molecule has 0 fully saturated rings. The van der Waals surface area contributed by atoms with Gasteiger partial charge in [0.15, 0.2) is 0 Å². The summed E-state index contributed by atoms with van der Waals surface area (Å²) in [5, 5.41) is 12.7. The van der Waals surface area contributed by atoms with Gasteiger partial charge < -0.3 is 15.3 Å². The van der Waals surface area contributed by atoms with Crippen LogP contribution in [0.15, 0.2) is 35.4 Å². The van der Waals surface area contributed by atoms with Crippen molar-refractivity contribution in [3.8, 4) is 0 Å². The average molecular weight is 492 g/mol. The fourth-order valence-electron chi connectivity index (χ4n) is 3.85. The number of rotatable bonds is 10. The standard InChI is InChI=1S/C24H28F3N5O3/c1-4-5-9-32(10-11-33)24(35)18-12-17-21(28-13-29-22(17)31(3)23(18)34)30-14(2)15-7-6-8-16(19(15)25)20(26)27/h6-8,12-14,20,33H,4-5,9-11H2,1-3H3,(H,28,29,30)/t14-/m1/s1. The Morgan fingerprint density at radius 2 is 1.94 bits per heavy atom. The number of unbranched alkanes of at least 4 members (excludes halogenated alkanes) is 1. The molecule has 2 aromatic heterocycles. The summed E-state index contributed by atoms with van der Waals surface area (Å²) in [6.45, 7) is 3.76. The summed E-state index contributed by atoms with van der Waals surface area (Å²) in [7, 11) is 1.47. The topological polar surface area (TPSA) is 100 Å². The van der Waals surface area contributed by atoms with Crippen molar-refractivity contribution in [2.45, 2.75) is 39.2 Å². The van der Waals surface area contributed by atoms with Crippen LogP contribution in [0, 0.1) is 5.82 Å². The fourth-order valence-corrected chi connectivity index (χ4v) is 3.85. The molecule has 3 rings (SSSR count). The molecular formula is C24H28F3N5O3. The number of alkyl halides is 2. The van der Waals surface area contributed by atoms with Gasteiger partial charge in [0.25, 0.3) is 17.9 Å². The number of hydrogen-bond acceptors (Lipinski definition) is 6. The number of anilines is 1. The van der Waals surface area contributed by atoms with E-state index in [9.17, 15) is 27.9 Å². The number of pyridine rings is 1. The zero-order valence-corrected chi connectivity index (χ0v) is 19.8. The van der Waals surface area contributed by atoms with Crippen LogP contribution < -0.4 is 10.9 Å². The number of carbonyl (C=O) groups is 1. The highest BCUT2D eigenvalue weighted by molar-refractivity contribution is 5.99. The molecule has 1 atom stereocenters. The normalized spacial score (nSPS) is 12.2. The predicted molar refractivity (Wildman–Crippen MR) is 126 cm³/mol. The van der Waals surface area contributed by atoms with Crippen molar-refractivity contribution in [3.63, 3.8) is 0 Å². The van der Waals surface area contributed by atoms with Gasteiger partial charge in [-0.1, -0.05) is 31.5 Å². The molecule has 35 heavy (non-hydrogen) atoms. The highest BCUT2D eigenvalue weighted by Gasteiger charge is 2.23. The maximum Gasteiger partial charge on any atom is 0.266 e. The van der Waals surface area contributed by atoms with Crippen LogP contribution in [-0.4, -0.2) is 50.1 Å². The van der Waals surface area contributed by atoms with Crippen LogP contribution in [0.3, 0.4) is 0 Å². The van der Waals surface area contributed by atoms with Crippen molar-refractivity contribution in [1.29, 1.82) is 0 Å². The Hall–Kier alpha value is -3.47. The minimum atomic E-state index is -2.96. The molecule has 188 valence electrons. The smallest absolute Gasteiger partial charge is 0.266 e. The number of benzene rings is 1. The maximum absolute atomic E-state index is 14.7. The molecule has 0 spiro atoms. The number of aliphatic hydroxyl groups is 1. The zero-order valence-electron chi connectivity index (χ0n) is 19.8. The van der Waals surface area contributed by atoms with E-state index < -0.39 is 35.3 Å². The number of fused-ring (bicyclic) bond motifs is 1. The second kappa shape index (κ2) is 11.3. The Kier molecular flexibility index (Phi) is 8.44. The minimum absolute atomic E-state index is 0.0179. The van der Waals surface area contributed by atoms with Crippen LogP contribution in [0.5, 0.6) is 0 Å².